The highest BCUT2D eigenvalue weighted by Crippen LogP contribution is 2.42. The van der Waals surface area contributed by atoms with Gasteiger partial charge in [-0.05, 0) is 60.5 Å². The summed E-state index contributed by atoms with van der Waals surface area (Å²) < 4.78 is 0. The molecular weight excluding hydrogens is 420 g/mol. The van der Waals surface area contributed by atoms with Gasteiger partial charge in [-0.25, -0.2) is 0 Å². The molecule has 5 nitrogen and oxygen atoms in total. The average molecular weight is 445 g/mol. The number of rotatable bonds is 5. The quantitative estimate of drug-likeness (QED) is 0.526. The van der Waals surface area contributed by atoms with Crippen molar-refractivity contribution in [1.82, 2.24) is 0 Å². The van der Waals surface area contributed by atoms with Gasteiger partial charge >= 0.3 is 0 Å². The second-order valence-corrected chi connectivity index (χ2v) is 9.07. The van der Waals surface area contributed by atoms with Crippen LogP contribution in [0.2, 0.25) is 0 Å². The first-order valence-corrected chi connectivity index (χ1v) is 11.8. The van der Waals surface area contributed by atoms with Gasteiger partial charge in [0, 0.05) is 24.5 Å². The van der Waals surface area contributed by atoms with Crippen LogP contribution in [0.4, 0.5) is 11.4 Å². The van der Waals surface area contributed by atoms with E-state index < -0.39 is 17.7 Å². The molecule has 0 radical (unpaired) electrons. The number of nitrogens with zero attached hydrogens (tertiary/aromatic N) is 2. The van der Waals surface area contributed by atoms with E-state index in [4.69, 9.17) is 0 Å². The lowest BCUT2D eigenvalue weighted by molar-refractivity contribution is -0.117. The normalized spacial score (nSPS) is 19.0. The molecule has 1 amide bonds. The molecule has 2 aromatic carbocycles. The molecule has 2 aliphatic heterocycles. The number of aliphatic hydroxyl groups excluding tert-OH is 1. The van der Waals surface area contributed by atoms with E-state index in [1.54, 1.807) is 12.1 Å². The van der Waals surface area contributed by atoms with Crippen LogP contribution in [0, 0.1) is 0 Å². The van der Waals surface area contributed by atoms with Crippen LogP contribution < -0.4 is 9.80 Å². The lowest BCUT2D eigenvalue weighted by Crippen LogP contribution is -2.31. The number of amides is 1. The summed E-state index contributed by atoms with van der Waals surface area (Å²) in [5.74, 6) is -1.34. The van der Waals surface area contributed by atoms with E-state index in [-0.39, 0.29) is 11.4 Å². The minimum atomic E-state index is -0.681. The smallest absolute Gasteiger partial charge is 0.294 e. The summed E-state index contributed by atoms with van der Waals surface area (Å²) in [7, 11) is 0. The van der Waals surface area contributed by atoms with Crippen molar-refractivity contribution in [2.75, 3.05) is 22.9 Å². The molecule has 162 valence electrons. The van der Waals surface area contributed by atoms with Crippen LogP contribution in [-0.2, 0) is 4.79 Å². The second kappa shape index (κ2) is 8.63. The number of hydrogen-bond acceptors (Lipinski definition) is 5. The van der Waals surface area contributed by atoms with Gasteiger partial charge in [0.25, 0.3) is 5.91 Å². The predicted octanol–water partition coefficient (Wildman–Crippen LogP) is 5.52. The van der Waals surface area contributed by atoms with Crippen LogP contribution in [0.5, 0.6) is 0 Å². The highest BCUT2D eigenvalue weighted by molar-refractivity contribution is 7.12. The zero-order chi connectivity index (χ0) is 22.1. The maximum Gasteiger partial charge on any atom is 0.294 e. The zero-order valence-corrected chi connectivity index (χ0v) is 18.4. The van der Waals surface area contributed by atoms with E-state index >= 15 is 0 Å². The lowest BCUT2D eigenvalue weighted by atomic mass is 9.95. The molecule has 32 heavy (non-hydrogen) atoms. The van der Waals surface area contributed by atoms with Crippen molar-refractivity contribution in [2.45, 2.75) is 25.3 Å². The average Bonchev–Trinajstić information content (AvgIpc) is 3.47. The Morgan fingerprint density at radius 2 is 1.56 bits per heavy atom. The molecule has 3 heterocycles. The fourth-order valence-corrected chi connectivity index (χ4v) is 5.25. The van der Waals surface area contributed by atoms with Crippen molar-refractivity contribution in [3.63, 3.8) is 0 Å². The number of Topliss-reactive ketones (excluding diaryl/α,β-unsaturated/α-hetero) is 1. The van der Waals surface area contributed by atoms with Crippen molar-refractivity contribution < 1.29 is 14.7 Å². The number of ketones is 1. The number of thiophene rings is 1. The summed E-state index contributed by atoms with van der Waals surface area (Å²) in [5.41, 5.74) is 2.70. The summed E-state index contributed by atoms with van der Waals surface area (Å²) in [4.78, 5) is 30.9. The summed E-state index contributed by atoms with van der Waals surface area (Å²) in [5, 5.41) is 12.6. The SMILES string of the molecule is O=C(C1=C(O)C(=O)N(c2ccc(N3CCCCC3)cc2)C1c1ccccc1)c1cccs1. The van der Waals surface area contributed by atoms with Crippen LogP contribution in [0.3, 0.4) is 0 Å². The molecule has 1 N–H and O–H groups in total. The summed E-state index contributed by atoms with van der Waals surface area (Å²) in [6, 6.07) is 20.1. The Hall–Kier alpha value is -3.38. The largest absolute Gasteiger partial charge is 0.503 e. The lowest BCUT2D eigenvalue weighted by Gasteiger charge is -2.30. The fourth-order valence-electron chi connectivity index (χ4n) is 4.57. The Kier molecular flexibility index (Phi) is 5.53. The predicted molar refractivity (Wildman–Crippen MR) is 127 cm³/mol. The van der Waals surface area contributed by atoms with Crippen LogP contribution in [0.15, 0.2) is 83.4 Å². The van der Waals surface area contributed by atoms with Crippen LogP contribution in [-0.4, -0.2) is 29.9 Å². The number of benzene rings is 2. The van der Waals surface area contributed by atoms with Crippen LogP contribution in [0.1, 0.15) is 40.5 Å². The number of piperidine rings is 1. The number of carbonyl (C=O) groups excluding carboxylic acids is 2. The van der Waals surface area contributed by atoms with Gasteiger partial charge in [-0.1, -0.05) is 36.4 Å². The highest BCUT2D eigenvalue weighted by atomic mass is 32.1. The Balaban J connectivity index is 1.54. The molecule has 0 spiro atoms. The van der Waals surface area contributed by atoms with E-state index in [9.17, 15) is 14.7 Å². The number of aliphatic hydroxyl groups is 1. The third-order valence-electron chi connectivity index (χ3n) is 6.16. The van der Waals surface area contributed by atoms with Gasteiger partial charge in [-0.3, -0.25) is 14.5 Å². The Morgan fingerprint density at radius 3 is 2.22 bits per heavy atom. The van der Waals surface area contributed by atoms with E-state index in [1.165, 1.54) is 35.5 Å². The van der Waals surface area contributed by atoms with Gasteiger partial charge in [-0.15, -0.1) is 11.3 Å². The molecule has 2 aliphatic rings. The van der Waals surface area contributed by atoms with E-state index in [0.717, 1.165) is 24.3 Å². The number of anilines is 2. The molecular formula is C26H24N2O3S. The molecule has 5 rings (SSSR count). The Bertz CT molecular complexity index is 1150. The third kappa shape index (κ3) is 3.60. The van der Waals surface area contributed by atoms with Gasteiger partial charge in [0.05, 0.1) is 16.5 Å². The van der Waals surface area contributed by atoms with Crippen molar-refractivity contribution in [3.8, 4) is 0 Å². The van der Waals surface area contributed by atoms with Gasteiger partial charge in [0.1, 0.15) is 0 Å². The van der Waals surface area contributed by atoms with E-state index in [2.05, 4.69) is 4.90 Å². The first-order valence-electron chi connectivity index (χ1n) is 10.9. The first kappa shape index (κ1) is 20.5. The van der Waals surface area contributed by atoms with E-state index in [1.807, 2.05) is 60.0 Å². The molecule has 1 saturated heterocycles. The molecule has 0 aliphatic carbocycles. The topological polar surface area (TPSA) is 60.9 Å². The van der Waals surface area contributed by atoms with Crippen molar-refractivity contribution in [1.29, 1.82) is 0 Å². The van der Waals surface area contributed by atoms with Gasteiger partial charge in [-0.2, -0.15) is 0 Å². The summed E-state index contributed by atoms with van der Waals surface area (Å²) in [6.07, 6.45) is 3.64. The minimum absolute atomic E-state index is 0.128. The molecule has 6 heteroatoms. The van der Waals surface area contributed by atoms with Crippen LogP contribution in [0.25, 0.3) is 0 Å². The summed E-state index contributed by atoms with van der Waals surface area (Å²) >= 11 is 1.30. The van der Waals surface area contributed by atoms with Gasteiger partial charge in [0.2, 0.25) is 5.78 Å². The molecule has 3 aromatic rings. The molecule has 1 unspecified atom stereocenters. The minimum Gasteiger partial charge on any atom is -0.503 e. The monoisotopic (exact) mass is 444 g/mol. The molecule has 1 fully saturated rings. The maximum absolute atomic E-state index is 13.3. The maximum atomic E-state index is 13.3. The molecule has 1 aromatic heterocycles. The van der Waals surface area contributed by atoms with Crippen LogP contribution >= 0.6 is 11.3 Å². The summed E-state index contributed by atoms with van der Waals surface area (Å²) in [6.45, 7) is 2.08. The fraction of sp³-hybridized carbons (Fsp3) is 0.231. The molecule has 1 atom stereocenters. The number of carbonyl (C=O) groups is 2. The molecule has 0 saturated carbocycles. The number of hydrogen-bond donors (Lipinski definition) is 1. The van der Waals surface area contributed by atoms with Gasteiger partial charge in [0.15, 0.2) is 5.76 Å². The first-order chi connectivity index (χ1) is 15.6. The van der Waals surface area contributed by atoms with E-state index in [0.29, 0.717) is 10.6 Å². The van der Waals surface area contributed by atoms with Gasteiger partial charge < -0.3 is 10.0 Å². The van der Waals surface area contributed by atoms with Crippen molar-refractivity contribution >= 4 is 34.4 Å². The standard InChI is InChI=1S/C26H24N2O3S/c29-24(21-10-7-17-32-21)22-23(18-8-3-1-4-9-18)28(26(31)25(22)30)20-13-11-19(12-14-20)27-15-5-2-6-16-27/h1,3-4,7-14,17,23,30H,2,5-6,15-16H2. The van der Waals surface area contributed by atoms with Crippen molar-refractivity contribution in [3.05, 3.63) is 93.9 Å². The third-order valence-corrected chi connectivity index (χ3v) is 7.03. The second-order valence-electron chi connectivity index (χ2n) is 8.12. The van der Waals surface area contributed by atoms with Crippen molar-refractivity contribution in [2.24, 2.45) is 0 Å². The Labute approximate surface area is 191 Å². The highest BCUT2D eigenvalue weighted by Gasteiger charge is 2.44. The molecule has 0 bridgehead atoms. The zero-order valence-electron chi connectivity index (χ0n) is 17.6. The Morgan fingerprint density at radius 1 is 0.875 bits per heavy atom.